The third-order valence-corrected chi connectivity index (χ3v) is 3.73. The average molecular weight is 353 g/mol. The van der Waals surface area contributed by atoms with Crippen molar-refractivity contribution < 1.29 is 28.4 Å². The zero-order chi connectivity index (χ0) is 18.6. The number of piperidine rings is 1. The molecule has 1 fully saturated rings. The van der Waals surface area contributed by atoms with Crippen molar-refractivity contribution >= 4 is 29.2 Å². The van der Waals surface area contributed by atoms with Gasteiger partial charge < -0.3 is 15.0 Å². The molecule has 0 saturated carbocycles. The van der Waals surface area contributed by atoms with Crippen molar-refractivity contribution in [3.8, 4) is 0 Å². The monoisotopic (exact) mass is 353 g/mol. The Bertz CT molecular complexity index is 723. The van der Waals surface area contributed by atoms with E-state index in [2.05, 4.69) is 5.32 Å². The second-order valence-corrected chi connectivity index (χ2v) is 5.59. The van der Waals surface area contributed by atoms with E-state index >= 15 is 0 Å². The molecule has 2 rings (SSSR count). The molecule has 9 nitrogen and oxygen atoms in total. The van der Waals surface area contributed by atoms with Crippen LogP contribution in [0.2, 0.25) is 0 Å². The maximum absolute atomic E-state index is 13.2. The molecule has 0 aliphatic carbocycles. The zero-order valence-electron chi connectivity index (χ0n) is 13.4. The molecular formula is C15H16FN3O6. The van der Waals surface area contributed by atoms with Crippen LogP contribution in [0.4, 0.5) is 15.8 Å². The topological polar surface area (TPSA) is 119 Å². The lowest BCUT2D eigenvalue weighted by molar-refractivity contribution is -0.387. The number of ether oxygens (including phenoxy) is 1. The Hall–Kier alpha value is -3.04. The van der Waals surface area contributed by atoms with Crippen LogP contribution in [-0.4, -0.2) is 47.8 Å². The standard InChI is InChI=1S/C15H16FN3O6/c1-18-7-9(2-5-14(18)21)15(22)25-8-13(20)17-10-3-4-11(16)12(6-10)19(23)24/h3-4,6,9H,2,5,7-8H2,1H3,(H,17,20). The number of nitro benzene ring substituents is 1. The molecular weight excluding hydrogens is 337 g/mol. The summed E-state index contributed by atoms with van der Waals surface area (Å²) in [6.07, 6.45) is 0.593. The molecule has 0 bridgehead atoms. The second-order valence-electron chi connectivity index (χ2n) is 5.59. The number of nitrogens with zero attached hydrogens (tertiary/aromatic N) is 2. The van der Waals surface area contributed by atoms with E-state index in [1.165, 1.54) is 4.90 Å². The summed E-state index contributed by atoms with van der Waals surface area (Å²) in [5.41, 5.74) is -0.762. The highest BCUT2D eigenvalue weighted by Gasteiger charge is 2.29. The van der Waals surface area contributed by atoms with Gasteiger partial charge in [0, 0.05) is 31.8 Å². The molecule has 1 heterocycles. The fourth-order valence-electron chi connectivity index (χ4n) is 2.39. The number of nitrogens with one attached hydrogen (secondary N) is 1. The van der Waals surface area contributed by atoms with Gasteiger partial charge in [-0.2, -0.15) is 4.39 Å². The van der Waals surface area contributed by atoms with E-state index < -0.39 is 40.8 Å². The summed E-state index contributed by atoms with van der Waals surface area (Å²) in [5, 5.41) is 12.9. The zero-order valence-corrected chi connectivity index (χ0v) is 13.4. The fourth-order valence-corrected chi connectivity index (χ4v) is 2.39. The van der Waals surface area contributed by atoms with E-state index in [1.807, 2.05) is 0 Å². The summed E-state index contributed by atoms with van der Waals surface area (Å²) in [5.74, 6) is -2.89. The van der Waals surface area contributed by atoms with Gasteiger partial charge in [-0.1, -0.05) is 0 Å². The summed E-state index contributed by atoms with van der Waals surface area (Å²) in [4.78, 5) is 46.2. The van der Waals surface area contributed by atoms with E-state index in [1.54, 1.807) is 7.05 Å². The molecule has 0 aromatic heterocycles. The van der Waals surface area contributed by atoms with Crippen molar-refractivity contribution in [2.24, 2.45) is 5.92 Å². The van der Waals surface area contributed by atoms with E-state index in [9.17, 15) is 28.9 Å². The van der Waals surface area contributed by atoms with Gasteiger partial charge in [-0.3, -0.25) is 24.5 Å². The number of hydrogen-bond acceptors (Lipinski definition) is 6. The van der Waals surface area contributed by atoms with Crippen LogP contribution >= 0.6 is 0 Å². The molecule has 1 unspecified atom stereocenters. The molecule has 2 amide bonds. The molecule has 1 aliphatic rings. The minimum Gasteiger partial charge on any atom is -0.455 e. The highest BCUT2D eigenvalue weighted by molar-refractivity contribution is 5.93. The van der Waals surface area contributed by atoms with Crippen molar-refractivity contribution in [3.05, 3.63) is 34.1 Å². The summed E-state index contributed by atoms with van der Waals surface area (Å²) >= 11 is 0. The molecule has 0 spiro atoms. The molecule has 1 aromatic rings. The van der Waals surface area contributed by atoms with Crippen molar-refractivity contribution in [1.29, 1.82) is 0 Å². The smallest absolute Gasteiger partial charge is 0.311 e. The van der Waals surface area contributed by atoms with E-state index in [0.717, 1.165) is 18.2 Å². The summed E-state index contributed by atoms with van der Waals surface area (Å²) < 4.78 is 18.1. The van der Waals surface area contributed by atoms with E-state index in [-0.39, 0.29) is 24.6 Å². The first-order chi connectivity index (χ1) is 11.8. The number of anilines is 1. The molecule has 1 atom stereocenters. The summed E-state index contributed by atoms with van der Waals surface area (Å²) in [6.45, 7) is -0.360. The normalized spacial score (nSPS) is 17.1. The summed E-state index contributed by atoms with van der Waals surface area (Å²) in [7, 11) is 1.58. The molecule has 1 aromatic carbocycles. The van der Waals surface area contributed by atoms with Crippen molar-refractivity contribution in [2.75, 3.05) is 25.5 Å². The third-order valence-electron chi connectivity index (χ3n) is 3.73. The second kappa shape index (κ2) is 7.69. The van der Waals surface area contributed by atoms with Crippen molar-refractivity contribution in [1.82, 2.24) is 4.90 Å². The number of nitro groups is 1. The predicted molar refractivity (Wildman–Crippen MR) is 83.0 cm³/mol. The lowest BCUT2D eigenvalue weighted by Gasteiger charge is -2.28. The first-order valence-electron chi connectivity index (χ1n) is 7.42. The number of halogens is 1. The van der Waals surface area contributed by atoms with Gasteiger partial charge in [0.1, 0.15) is 0 Å². The lowest BCUT2D eigenvalue weighted by Crippen LogP contribution is -2.41. The number of esters is 1. The van der Waals surface area contributed by atoms with Gasteiger partial charge in [-0.15, -0.1) is 0 Å². The van der Waals surface area contributed by atoms with Crippen LogP contribution in [-0.2, 0) is 19.1 Å². The van der Waals surface area contributed by atoms with Gasteiger partial charge in [-0.25, -0.2) is 0 Å². The highest BCUT2D eigenvalue weighted by Crippen LogP contribution is 2.21. The molecule has 1 aliphatic heterocycles. The van der Waals surface area contributed by atoms with Gasteiger partial charge in [0.15, 0.2) is 6.61 Å². The minimum absolute atomic E-state index is 0.0112. The number of amides is 2. The molecule has 1 N–H and O–H groups in total. The van der Waals surface area contributed by atoms with E-state index in [0.29, 0.717) is 6.42 Å². The number of carbonyl (C=O) groups is 3. The van der Waals surface area contributed by atoms with Crippen LogP contribution in [0.5, 0.6) is 0 Å². The lowest BCUT2D eigenvalue weighted by atomic mass is 9.98. The van der Waals surface area contributed by atoms with Crippen LogP contribution in [0, 0.1) is 21.8 Å². The Kier molecular flexibility index (Phi) is 5.63. The van der Waals surface area contributed by atoms with Crippen LogP contribution in [0.1, 0.15) is 12.8 Å². The summed E-state index contributed by atoms with van der Waals surface area (Å²) in [6, 6.07) is 2.88. The molecule has 134 valence electrons. The largest absolute Gasteiger partial charge is 0.455 e. The number of benzene rings is 1. The molecule has 25 heavy (non-hydrogen) atoms. The van der Waals surface area contributed by atoms with Gasteiger partial charge in [0.2, 0.25) is 11.7 Å². The number of rotatable bonds is 5. The van der Waals surface area contributed by atoms with Gasteiger partial charge in [-0.05, 0) is 18.6 Å². The SMILES string of the molecule is CN1CC(C(=O)OCC(=O)Nc2ccc(F)c([N+](=O)[O-])c2)CCC1=O. The predicted octanol–water partition coefficient (Wildman–Crippen LogP) is 1.08. The first kappa shape index (κ1) is 18.3. The molecule has 10 heteroatoms. The Morgan fingerprint density at radius 3 is 2.84 bits per heavy atom. The van der Waals surface area contributed by atoms with Crippen LogP contribution < -0.4 is 5.32 Å². The minimum atomic E-state index is -1.02. The van der Waals surface area contributed by atoms with Crippen LogP contribution in [0.3, 0.4) is 0 Å². The van der Waals surface area contributed by atoms with Gasteiger partial charge >= 0.3 is 11.7 Å². The van der Waals surface area contributed by atoms with Crippen molar-refractivity contribution in [3.63, 3.8) is 0 Å². The number of carbonyl (C=O) groups excluding carboxylic acids is 3. The maximum atomic E-state index is 13.2. The third kappa shape index (κ3) is 4.72. The van der Waals surface area contributed by atoms with Crippen LogP contribution in [0.25, 0.3) is 0 Å². The van der Waals surface area contributed by atoms with E-state index in [4.69, 9.17) is 4.74 Å². The Labute approximate surface area is 141 Å². The Morgan fingerprint density at radius 1 is 1.48 bits per heavy atom. The highest BCUT2D eigenvalue weighted by atomic mass is 19.1. The van der Waals surface area contributed by atoms with Gasteiger partial charge in [0.25, 0.3) is 5.91 Å². The molecule has 0 radical (unpaired) electrons. The Morgan fingerprint density at radius 2 is 2.20 bits per heavy atom. The molecule has 1 saturated heterocycles. The first-order valence-corrected chi connectivity index (χ1v) is 7.42. The average Bonchev–Trinajstić information content (AvgIpc) is 2.56. The number of likely N-dealkylation sites (tertiary alicyclic amines) is 1. The fraction of sp³-hybridized carbons (Fsp3) is 0.400. The quantitative estimate of drug-likeness (QED) is 0.481. The van der Waals surface area contributed by atoms with Crippen molar-refractivity contribution in [2.45, 2.75) is 12.8 Å². The Balaban J connectivity index is 1.86. The van der Waals surface area contributed by atoms with Gasteiger partial charge in [0.05, 0.1) is 10.8 Å². The van der Waals surface area contributed by atoms with Crippen LogP contribution in [0.15, 0.2) is 18.2 Å². The maximum Gasteiger partial charge on any atom is 0.311 e. The number of hydrogen-bond donors (Lipinski definition) is 1.